The van der Waals surface area contributed by atoms with Crippen LogP contribution in [0.5, 0.6) is 0 Å². The van der Waals surface area contributed by atoms with Crippen LogP contribution in [0.25, 0.3) is 0 Å². The fourth-order valence-electron chi connectivity index (χ4n) is 2.88. The average molecular weight is 377 g/mol. The van der Waals surface area contributed by atoms with Gasteiger partial charge in [-0.05, 0) is 24.6 Å². The molecular weight excluding hydrogens is 350 g/mol. The van der Waals surface area contributed by atoms with Gasteiger partial charge in [0, 0.05) is 51.5 Å². The van der Waals surface area contributed by atoms with Crippen molar-refractivity contribution in [2.45, 2.75) is 13.3 Å². The van der Waals surface area contributed by atoms with E-state index in [1.807, 2.05) is 0 Å². The third kappa shape index (κ3) is 6.65. The summed E-state index contributed by atoms with van der Waals surface area (Å²) in [6.45, 7) is 4.40. The topological polar surface area (TPSA) is 88.2 Å². The van der Waals surface area contributed by atoms with Crippen LogP contribution in [0.2, 0.25) is 0 Å². The van der Waals surface area contributed by atoms with Gasteiger partial charge in [0.1, 0.15) is 6.61 Å². The number of nitrogens with one attached hydrogen (secondary N) is 1. The van der Waals surface area contributed by atoms with E-state index in [0.29, 0.717) is 57.1 Å². The molecule has 0 saturated carbocycles. The summed E-state index contributed by atoms with van der Waals surface area (Å²) in [6.07, 6.45) is 0.709. The molecule has 1 aliphatic heterocycles. The van der Waals surface area contributed by atoms with Crippen LogP contribution in [0.15, 0.2) is 24.3 Å². The van der Waals surface area contributed by atoms with Crippen LogP contribution in [0.3, 0.4) is 0 Å². The number of carbonyl (C=O) groups excluding carboxylic acids is 3. The van der Waals surface area contributed by atoms with Gasteiger partial charge in [0.05, 0.1) is 13.2 Å². The van der Waals surface area contributed by atoms with E-state index in [1.165, 1.54) is 6.92 Å². The second-order valence-electron chi connectivity index (χ2n) is 6.33. The quantitative estimate of drug-likeness (QED) is 0.716. The van der Waals surface area contributed by atoms with E-state index in [4.69, 9.17) is 9.47 Å². The van der Waals surface area contributed by atoms with E-state index in [-0.39, 0.29) is 24.3 Å². The van der Waals surface area contributed by atoms with Crippen molar-refractivity contribution in [3.05, 3.63) is 29.8 Å². The first-order chi connectivity index (χ1) is 13.0. The van der Waals surface area contributed by atoms with E-state index in [9.17, 15) is 14.4 Å². The summed E-state index contributed by atoms with van der Waals surface area (Å²) < 4.78 is 10.2. The van der Waals surface area contributed by atoms with Crippen molar-refractivity contribution in [2.75, 3.05) is 58.4 Å². The Balaban J connectivity index is 1.90. The number of anilines is 1. The first-order valence-corrected chi connectivity index (χ1v) is 9.02. The highest BCUT2D eigenvalue weighted by Crippen LogP contribution is 2.14. The van der Waals surface area contributed by atoms with Crippen molar-refractivity contribution in [3.8, 4) is 0 Å². The maximum absolute atomic E-state index is 12.8. The largest absolute Gasteiger partial charge is 0.382 e. The smallest absolute Gasteiger partial charge is 0.253 e. The van der Waals surface area contributed by atoms with Gasteiger partial charge in [0.2, 0.25) is 11.8 Å². The van der Waals surface area contributed by atoms with Crippen LogP contribution in [-0.2, 0) is 19.1 Å². The molecule has 1 fully saturated rings. The van der Waals surface area contributed by atoms with E-state index in [2.05, 4.69) is 5.32 Å². The van der Waals surface area contributed by atoms with Gasteiger partial charge in [-0.15, -0.1) is 0 Å². The highest BCUT2D eigenvalue weighted by Gasteiger charge is 2.23. The van der Waals surface area contributed by atoms with Gasteiger partial charge in [-0.1, -0.05) is 6.07 Å². The molecule has 1 aromatic rings. The Bertz CT molecular complexity index is 665. The number of amides is 3. The fourth-order valence-corrected chi connectivity index (χ4v) is 2.88. The molecule has 1 heterocycles. The van der Waals surface area contributed by atoms with E-state index >= 15 is 0 Å². The number of carbonyl (C=O) groups is 3. The molecule has 0 atom stereocenters. The molecule has 1 aromatic carbocycles. The molecule has 1 saturated heterocycles. The lowest BCUT2D eigenvalue weighted by Crippen LogP contribution is -2.39. The van der Waals surface area contributed by atoms with Gasteiger partial charge in [0.15, 0.2) is 0 Å². The van der Waals surface area contributed by atoms with Crippen LogP contribution in [0.1, 0.15) is 23.7 Å². The number of hydrogen-bond acceptors (Lipinski definition) is 5. The summed E-state index contributed by atoms with van der Waals surface area (Å²) >= 11 is 0. The standard InChI is InChI=1S/C19H27N3O5/c1-15(23)20-17-6-3-5-16(13-17)19(25)22-8-4-7-21(9-10-22)18(24)14-27-12-11-26-2/h3,5-6,13H,4,7-12,14H2,1-2H3,(H,20,23). The summed E-state index contributed by atoms with van der Waals surface area (Å²) in [5.41, 5.74) is 1.11. The highest BCUT2D eigenvalue weighted by molar-refractivity contribution is 5.96. The van der Waals surface area contributed by atoms with Crippen LogP contribution in [0, 0.1) is 0 Å². The van der Waals surface area contributed by atoms with Crippen molar-refractivity contribution in [1.82, 2.24) is 9.80 Å². The predicted molar refractivity (Wildman–Crippen MR) is 101 cm³/mol. The maximum Gasteiger partial charge on any atom is 0.253 e. The minimum atomic E-state index is -0.184. The van der Waals surface area contributed by atoms with E-state index in [0.717, 1.165) is 0 Å². The molecule has 2 rings (SSSR count). The molecule has 0 aliphatic carbocycles. The number of ether oxygens (including phenoxy) is 2. The molecule has 0 unspecified atom stereocenters. The van der Waals surface area contributed by atoms with Gasteiger partial charge in [-0.2, -0.15) is 0 Å². The number of benzene rings is 1. The van der Waals surface area contributed by atoms with Crippen molar-refractivity contribution in [1.29, 1.82) is 0 Å². The van der Waals surface area contributed by atoms with E-state index < -0.39 is 0 Å². The summed E-state index contributed by atoms with van der Waals surface area (Å²) in [5, 5.41) is 2.68. The monoisotopic (exact) mass is 377 g/mol. The normalized spacial score (nSPS) is 14.6. The molecule has 8 nitrogen and oxygen atoms in total. The lowest BCUT2D eigenvalue weighted by Gasteiger charge is -2.22. The van der Waals surface area contributed by atoms with Gasteiger partial charge >= 0.3 is 0 Å². The lowest BCUT2D eigenvalue weighted by atomic mass is 10.1. The van der Waals surface area contributed by atoms with Gasteiger partial charge in [0.25, 0.3) is 5.91 Å². The van der Waals surface area contributed by atoms with Crippen molar-refractivity contribution >= 4 is 23.4 Å². The zero-order chi connectivity index (χ0) is 19.6. The Morgan fingerprint density at radius 2 is 1.81 bits per heavy atom. The zero-order valence-electron chi connectivity index (χ0n) is 15.9. The van der Waals surface area contributed by atoms with Gasteiger partial charge in [-0.3, -0.25) is 14.4 Å². The van der Waals surface area contributed by atoms with Gasteiger partial charge < -0.3 is 24.6 Å². The molecule has 27 heavy (non-hydrogen) atoms. The predicted octanol–water partition coefficient (Wildman–Crippen LogP) is 0.983. The molecule has 8 heteroatoms. The molecule has 0 bridgehead atoms. The third-order valence-corrected chi connectivity index (χ3v) is 4.22. The first kappa shape index (κ1) is 20.9. The SMILES string of the molecule is COCCOCC(=O)N1CCCN(C(=O)c2cccc(NC(C)=O)c2)CC1. The van der Waals surface area contributed by atoms with Crippen LogP contribution >= 0.6 is 0 Å². The summed E-state index contributed by atoms with van der Waals surface area (Å²) in [4.78, 5) is 39.7. The van der Waals surface area contributed by atoms with Crippen molar-refractivity contribution in [2.24, 2.45) is 0 Å². The molecule has 148 valence electrons. The van der Waals surface area contributed by atoms with Crippen molar-refractivity contribution in [3.63, 3.8) is 0 Å². The fraction of sp³-hybridized carbons (Fsp3) is 0.526. The second-order valence-corrected chi connectivity index (χ2v) is 6.33. The summed E-state index contributed by atoms with van der Waals surface area (Å²) in [7, 11) is 1.58. The Morgan fingerprint density at radius 3 is 2.56 bits per heavy atom. The Hall–Kier alpha value is -2.45. The number of methoxy groups -OCH3 is 1. The lowest BCUT2D eigenvalue weighted by molar-refractivity contribution is -0.136. The summed E-state index contributed by atoms with van der Waals surface area (Å²) in [6, 6.07) is 6.88. The number of hydrogen-bond donors (Lipinski definition) is 1. The van der Waals surface area contributed by atoms with Crippen LogP contribution in [-0.4, -0.2) is 80.6 Å². The Morgan fingerprint density at radius 1 is 1.07 bits per heavy atom. The Labute approximate surface area is 159 Å². The molecule has 1 N–H and O–H groups in total. The van der Waals surface area contributed by atoms with E-state index in [1.54, 1.807) is 41.2 Å². The highest BCUT2D eigenvalue weighted by atomic mass is 16.5. The molecule has 0 spiro atoms. The maximum atomic E-state index is 12.8. The number of nitrogens with zero attached hydrogens (tertiary/aromatic N) is 2. The first-order valence-electron chi connectivity index (χ1n) is 9.02. The summed E-state index contributed by atoms with van der Waals surface area (Å²) in [5.74, 6) is -0.364. The minimum Gasteiger partial charge on any atom is -0.382 e. The Kier molecular flexibility index (Phi) is 8.22. The minimum absolute atomic E-state index is 0.0239. The third-order valence-electron chi connectivity index (χ3n) is 4.22. The second kappa shape index (κ2) is 10.6. The molecule has 1 aliphatic rings. The molecule has 3 amide bonds. The number of rotatable bonds is 7. The molecule has 0 aromatic heterocycles. The van der Waals surface area contributed by atoms with Gasteiger partial charge in [-0.25, -0.2) is 0 Å². The van der Waals surface area contributed by atoms with Crippen LogP contribution < -0.4 is 5.32 Å². The zero-order valence-corrected chi connectivity index (χ0v) is 15.9. The molecular formula is C19H27N3O5. The molecule has 0 radical (unpaired) electrons. The average Bonchev–Trinajstić information content (AvgIpc) is 2.90. The van der Waals surface area contributed by atoms with Crippen LogP contribution in [0.4, 0.5) is 5.69 Å². The van der Waals surface area contributed by atoms with Crippen molar-refractivity contribution < 1.29 is 23.9 Å².